The predicted octanol–water partition coefficient (Wildman–Crippen LogP) is 3.23. The quantitative estimate of drug-likeness (QED) is 0.772. The molecule has 2 aliphatic heterocycles. The Bertz CT molecular complexity index is 1090. The first-order chi connectivity index (χ1) is 14.5. The van der Waals surface area contributed by atoms with E-state index in [0.29, 0.717) is 24.9 Å². The molecule has 0 saturated carbocycles. The Morgan fingerprint density at radius 2 is 1.84 bits per heavy atom. The number of phenols is 1. The smallest absolute Gasteiger partial charge is 0.304 e. The SMILES string of the molecule is C[C@H]1C[C@]2(CCN1Cc1cc(F)c(O)c(F)c1)CN(C)S(=O)(=O)N2c1cccc(F)c1. The van der Waals surface area contributed by atoms with E-state index in [9.17, 15) is 26.7 Å². The van der Waals surface area contributed by atoms with Gasteiger partial charge in [-0.25, -0.2) is 13.2 Å². The number of hydrogen-bond donors (Lipinski definition) is 1. The number of phenolic OH excluding ortho intramolecular Hbond substituents is 1. The van der Waals surface area contributed by atoms with Crippen LogP contribution in [0.15, 0.2) is 36.4 Å². The van der Waals surface area contributed by atoms with Crippen LogP contribution < -0.4 is 4.31 Å². The topological polar surface area (TPSA) is 64.1 Å². The molecule has 10 heteroatoms. The van der Waals surface area contributed by atoms with Gasteiger partial charge in [-0.05, 0) is 55.7 Å². The number of likely N-dealkylation sites (tertiary alicyclic amines) is 1. The van der Waals surface area contributed by atoms with E-state index < -0.39 is 38.9 Å². The summed E-state index contributed by atoms with van der Waals surface area (Å²) in [5.41, 5.74) is -0.0793. The van der Waals surface area contributed by atoms with Gasteiger partial charge in [0.25, 0.3) is 0 Å². The third-order valence-electron chi connectivity index (χ3n) is 6.24. The fourth-order valence-corrected chi connectivity index (χ4v) is 6.59. The lowest BCUT2D eigenvalue weighted by molar-refractivity contribution is 0.100. The van der Waals surface area contributed by atoms with Gasteiger partial charge < -0.3 is 5.11 Å². The second-order valence-corrected chi connectivity index (χ2v) is 10.3. The standard InChI is InChI=1S/C21H24F3N3O3S/c1-14-11-21(6-7-26(14)12-15-8-18(23)20(28)19(24)9-15)13-25(2)31(29,30)27(21)17-5-3-4-16(22)10-17/h3-5,8-10,14,28H,6-7,11-13H2,1-2H3/t14-,21+/m0/s1. The van der Waals surface area contributed by atoms with E-state index in [-0.39, 0.29) is 24.8 Å². The Kier molecular flexibility index (Phi) is 5.43. The van der Waals surface area contributed by atoms with Gasteiger partial charge in [0.15, 0.2) is 17.4 Å². The molecule has 6 nitrogen and oxygen atoms in total. The summed E-state index contributed by atoms with van der Waals surface area (Å²) in [4.78, 5) is 2.02. The highest BCUT2D eigenvalue weighted by atomic mass is 32.2. The summed E-state index contributed by atoms with van der Waals surface area (Å²) < 4.78 is 70.1. The zero-order valence-electron chi connectivity index (χ0n) is 17.2. The molecule has 0 radical (unpaired) electrons. The largest absolute Gasteiger partial charge is 0.503 e. The number of nitrogens with zero attached hydrogens (tertiary/aromatic N) is 3. The van der Waals surface area contributed by atoms with Crippen molar-refractivity contribution < 1.29 is 26.7 Å². The van der Waals surface area contributed by atoms with Crippen LogP contribution in [0, 0.1) is 17.5 Å². The summed E-state index contributed by atoms with van der Waals surface area (Å²) in [7, 11) is -2.30. The number of aromatic hydroxyl groups is 1. The molecule has 2 atom stereocenters. The lowest BCUT2D eigenvalue weighted by Crippen LogP contribution is -2.57. The van der Waals surface area contributed by atoms with Gasteiger partial charge in [0.05, 0.1) is 11.2 Å². The summed E-state index contributed by atoms with van der Waals surface area (Å²) in [5, 5.41) is 9.30. The number of likely N-dealkylation sites (N-methyl/N-ethyl adjacent to an activating group) is 1. The molecule has 0 amide bonds. The molecule has 0 bridgehead atoms. The van der Waals surface area contributed by atoms with Gasteiger partial charge in [-0.2, -0.15) is 12.7 Å². The highest BCUT2D eigenvalue weighted by Gasteiger charge is 2.55. The third kappa shape index (κ3) is 3.77. The van der Waals surface area contributed by atoms with Crippen LogP contribution in [-0.2, 0) is 16.8 Å². The predicted molar refractivity (Wildman–Crippen MR) is 110 cm³/mol. The van der Waals surface area contributed by atoms with Crippen molar-refractivity contribution in [2.75, 3.05) is 24.4 Å². The number of benzene rings is 2. The van der Waals surface area contributed by atoms with E-state index in [1.54, 1.807) is 6.07 Å². The van der Waals surface area contributed by atoms with Crippen LogP contribution in [0.3, 0.4) is 0 Å². The van der Waals surface area contributed by atoms with Crippen molar-refractivity contribution in [2.24, 2.45) is 0 Å². The molecular weight excluding hydrogens is 431 g/mol. The number of hydrogen-bond acceptors (Lipinski definition) is 4. The number of piperidine rings is 1. The van der Waals surface area contributed by atoms with E-state index >= 15 is 0 Å². The second-order valence-electron chi connectivity index (χ2n) is 8.41. The second kappa shape index (κ2) is 7.68. The van der Waals surface area contributed by atoms with Crippen molar-refractivity contribution in [1.82, 2.24) is 9.21 Å². The normalized spacial score (nSPS) is 26.6. The van der Waals surface area contributed by atoms with Gasteiger partial charge in [-0.3, -0.25) is 9.21 Å². The molecule has 0 unspecified atom stereocenters. The fourth-order valence-electron chi connectivity index (χ4n) is 4.81. The maximum atomic E-state index is 13.9. The zero-order valence-corrected chi connectivity index (χ0v) is 18.0. The van der Waals surface area contributed by atoms with Crippen LogP contribution in [0.4, 0.5) is 18.9 Å². The van der Waals surface area contributed by atoms with E-state index in [1.807, 2.05) is 11.8 Å². The molecule has 1 N–H and O–H groups in total. The molecule has 2 heterocycles. The molecule has 31 heavy (non-hydrogen) atoms. The molecule has 1 spiro atoms. The minimum Gasteiger partial charge on any atom is -0.503 e. The maximum absolute atomic E-state index is 13.9. The van der Waals surface area contributed by atoms with Crippen molar-refractivity contribution in [3.05, 3.63) is 59.4 Å². The summed E-state index contributed by atoms with van der Waals surface area (Å²) in [6.07, 6.45) is 0.941. The molecule has 2 fully saturated rings. The minimum absolute atomic E-state index is 0.105. The van der Waals surface area contributed by atoms with Gasteiger partial charge in [0.1, 0.15) is 5.82 Å². The van der Waals surface area contributed by atoms with Crippen LogP contribution >= 0.6 is 0 Å². The molecule has 2 aromatic carbocycles. The number of anilines is 1. The van der Waals surface area contributed by atoms with Crippen LogP contribution in [0.1, 0.15) is 25.3 Å². The maximum Gasteiger partial charge on any atom is 0.304 e. The summed E-state index contributed by atoms with van der Waals surface area (Å²) in [6.45, 7) is 2.95. The fraction of sp³-hybridized carbons (Fsp3) is 0.429. The van der Waals surface area contributed by atoms with Gasteiger partial charge >= 0.3 is 10.2 Å². The van der Waals surface area contributed by atoms with Gasteiger partial charge in [0.2, 0.25) is 0 Å². The average Bonchev–Trinajstić information content (AvgIpc) is 2.87. The summed E-state index contributed by atoms with van der Waals surface area (Å²) in [6, 6.07) is 7.65. The Morgan fingerprint density at radius 3 is 2.45 bits per heavy atom. The summed E-state index contributed by atoms with van der Waals surface area (Å²) in [5.74, 6) is -3.55. The van der Waals surface area contributed by atoms with Gasteiger partial charge in [0, 0.05) is 32.7 Å². The average molecular weight is 456 g/mol. The van der Waals surface area contributed by atoms with Crippen LogP contribution in [0.2, 0.25) is 0 Å². The van der Waals surface area contributed by atoms with E-state index in [4.69, 9.17) is 0 Å². The van der Waals surface area contributed by atoms with Gasteiger partial charge in [-0.1, -0.05) is 6.07 Å². The molecule has 2 saturated heterocycles. The first-order valence-electron chi connectivity index (χ1n) is 9.97. The molecule has 0 aromatic heterocycles. The van der Waals surface area contributed by atoms with Crippen molar-refractivity contribution >= 4 is 15.9 Å². The highest BCUT2D eigenvalue weighted by Crippen LogP contribution is 2.44. The molecule has 0 aliphatic carbocycles. The zero-order chi connectivity index (χ0) is 22.6. The Hall–Kier alpha value is -2.30. The first-order valence-corrected chi connectivity index (χ1v) is 11.4. The molecular formula is C21H24F3N3O3S. The molecule has 2 aliphatic rings. The number of halogens is 3. The van der Waals surface area contributed by atoms with E-state index in [0.717, 1.165) is 12.1 Å². The summed E-state index contributed by atoms with van der Waals surface area (Å²) >= 11 is 0. The lowest BCUT2D eigenvalue weighted by Gasteiger charge is -2.47. The van der Waals surface area contributed by atoms with Crippen LogP contribution in [-0.4, -0.2) is 54.4 Å². The first kappa shape index (κ1) is 21.9. The number of rotatable bonds is 3. The monoisotopic (exact) mass is 455 g/mol. The molecule has 4 rings (SSSR count). The molecule has 2 aromatic rings. The Labute approximate surface area is 179 Å². The van der Waals surface area contributed by atoms with Crippen LogP contribution in [0.25, 0.3) is 0 Å². The van der Waals surface area contributed by atoms with Crippen molar-refractivity contribution in [2.45, 2.75) is 37.9 Å². The minimum atomic E-state index is -3.80. The lowest BCUT2D eigenvalue weighted by atomic mass is 9.82. The molecule has 168 valence electrons. The Balaban J connectivity index is 1.61. The Morgan fingerprint density at radius 1 is 1.16 bits per heavy atom. The van der Waals surface area contributed by atoms with Crippen molar-refractivity contribution in [3.8, 4) is 5.75 Å². The van der Waals surface area contributed by atoms with Crippen LogP contribution in [0.5, 0.6) is 5.75 Å². The van der Waals surface area contributed by atoms with E-state index in [2.05, 4.69) is 0 Å². The highest BCUT2D eigenvalue weighted by molar-refractivity contribution is 7.90. The van der Waals surface area contributed by atoms with Crippen molar-refractivity contribution in [3.63, 3.8) is 0 Å². The third-order valence-corrected chi connectivity index (χ3v) is 8.22. The van der Waals surface area contributed by atoms with Gasteiger partial charge in [-0.15, -0.1) is 0 Å². The van der Waals surface area contributed by atoms with E-state index in [1.165, 1.54) is 33.9 Å². The van der Waals surface area contributed by atoms with Crippen molar-refractivity contribution in [1.29, 1.82) is 0 Å².